The van der Waals surface area contributed by atoms with Gasteiger partial charge in [-0.15, -0.1) is 0 Å². The van der Waals surface area contributed by atoms with Crippen LogP contribution in [-0.4, -0.2) is 56.4 Å². The van der Waals surface area contributed by atoms with Crippen LogP contribution in [0.15, 0.2) is 36.4 Å². The van der Waals surface area contributed by atoms with Crippen molar-refractivity contribution < 1.29 is 14.2 Å². The van der Waals surface area contributed by atoms with Crippen molar-refractivity contribution in [1.82, 2.24) is 9.88 Å². The third-order valence-electron chi connectivity index (χ3n) is 5.88. The summed E-state index contributed by atoms with van der Waals surface area (Å²) in [7, 11) is 1.72. The number of methoxy groups -OCH3 is 1. The van der Waals surface area contributed by atoms with E-state index in [4.69, 9.17) is 14.2 Å². The molecule has 1 aliphatic heterocycles. The molecule has 1 fully saturated rings. The van der Waals surface area contributed by atoms with Gasteiger partial charge in [-0.05, 0) is 60.4 Å². The van der Waals surface area contributed by atoms with Crippen LogP contribution >= 0.6 is 0 Å². The maximum atomic E-state index is 6.04. The van der Waals surface area contributed by atoms with Crippen LogP contribution in [0.25, 0.3) is 22.2 Å². The van der Waals surface area contributed by atoms with Crippen LogP contribution in [0.5, 0.6) is 11.5 Å². The minimum absolute atomic E-state index is 0.718. The molecule has 2 aromatic carbocycles. The largest absolute Gasteiger partial charge is 0.497 e. The molecule has 146 valence electrons. The van der Waals surface area contributed by atoms with Crippen molar-refractivity contribution in [2.24, 2.45) is 0 Å². The topological polar surface area (TPSA) is 46.7 Å². The number of ether oxygens (including phenoxy) is 3. The number of hydrogen-bond donors (Lipinski definition) is 1. The summed E-state index contributed by atoms with van der Waals surface area (Å²) in [6, 6.07) is 12.8. The van der Waals surface area contributed by atoms with E-state index in [1.807, 2.05) is 6.07 Å². The monoisotopic (exact) mass is 378 g/mol. The Morgan fingerprint density at radius 2 is 1.89 bits per heavy atom. The lowest BCUT2D eigenvalue weighted by molar-refractivity contribution is 0.0322. The Morgan fingerprint density at radius 1 is 1.04 bits per heavy atom. The lowest BCUT2D eigenvalue weighted by Gasteiger charge is -2.26. The van der Waals surface area contributed by atoms with Crippen LogP contribution in [0.3, 0.4) is 0 Å². The van der Waals surface area contributed by atoms with Crippen molar-refractivity contribution in [2.75, 3.05) is 46.6 Å². The number of nitrogens with one attached hydrogen (secondary N) is 1. The molecule has 0 atom stereocenters. The average Bonchev–Trinajstić information content (AvgIpc) is 3.12. The van der Waals surface area contributed by atoms with Crippen molar-refractivity contribution >= 4 is 10.9 Å². The van der Waals surface area contributed by atoms with Crippen molar-refractivity contribution in [3.8, 4) is 22.8 Å². The fourth-order valence-corrected chi connectivity index (χ4v) is 4.33. The van der Waals surface area contributed by atoms with Gasteiger partial charge in [0.25, 0.3) is 0 Å². The number of H-pyrrole nitrogens is 1. The van der Waals surface area contributed by atoms with Gasteiger partial charge in [0, 0.05) is 41.8 Å². The molecule has 1 N–H and O–H groups in total. The molecule has 0 unspecified atom stereocenters. The van der Waals surface area contributed by atoms with E-state index in [2.05, 4.69) is 40.2 Å². The minimum Gasteiger partial charge on any atom is -0.497 e. The first kappa shape index (κ1) is 17.6. The first-order valence-corrected chi connectivity index (χ1v) is 10.1. The van der Waals surface area contributed by atoms with E-state index in [0.717, 1.165) is 63.8 Å². The third-order valence-corrected chi connectivity index (χ3v) is 5.88. The molecule has 28 heavy (non-hydrogen) atoms. The van der Waals surface area contributed by atoms with Gasteiger partial charge in [-0.3, -0.25) is 4.90 Å². The van der Waals surface area contributed by atoms with Crippen LogP contribution in [0.1, 0.15) is 11.1 Å². The van der Waals surface area contributed by atoms with Crippen LogP contribution in [0, 0.1) is 0 Å². The molecule has 5 heteroatoms. The van der Waals surface area contributed by atoms with Gasteiger partial charge >= 0.3 is 0 Å². The molecule has 0 bridgehead atoms. The smallest absolute Gasteiger partial charge is 0.119 e. The van der Waals surface area contributed by atoms with Crippen LogP contribution in [0.4, 0.5) is 0 Å². The number of aromatic amines is 1. The zero-order chi connectivity index (χ0) is 18.9. The van der Waals surface area contributed by atoms with Gasteiger partial charge in [-0.25, -0.2) is 0 Å². The Kier molecular flexibility index (Phi) is 4.71. The quantitative estimate of drug-likeness (QED) is 0.736. The summed E-state index contributed by atoms with van der Waals surface area (Å²) in [5.41, 5.74) is 6.45. The van der Waals surface area contributed by atoms with Crippen molar-refractivity contribution in [2.45, 2.75) is 12.8 Å². The molecule has 3 aromatic rings. The second kappa shape index (κ2) is 7.49. The summed E-state index contributed by atoms with van der Waals surface area (Å²) in [5, 5.41) is 1.27. The first-order chi connectivity index (χ1) is 13.8. The summed E-state index contributed by atoms with van der Waals surface area (Å²) >= 11 is 0. The van der Waals surface area contributed by atoms with Gasteiger partial charge in [-0.2, -0.15) is 0 Å². The number of rotatable bonds is 5. The Hall–Kier alpha value is -2.50. The molecule has 0 saturated carbocycles. The van der Waals surface area contributed by atoms with E-state index >= 15 is 0 Å². The minimum atomic E-state index is 0.718. The SMILES string of the molecule is COc1ccc2[nH]c3c(c2c1)CCc1cc(OCCN2CCOCC2)ccc1-3. The highest BCUT2D eigenvalue weighted by Crippen LogP contribution is 2.39. The Balaban J connectivity index is 1.35. The summed E-state index contributed by atoms with van der Waals surface area (Å²) in [6.07, 6.45) is 2.07. The third kappa shape index (κ3) is 3.25. The number of hydrogen-bond acceptors (Lipinski definition) is 4. The molecule has 5 rings (SSSR count). The van der Waals surface area contributed by atoms with Gasteiger partial charge in [0.1, 0.15) is 18.1 Å². The van der Waals surface area contributed by atoms with Crippen molar-refractivity contribution in [3.63, 3.8) is 0 Å². The second-order valence-corrected chi connectivity index (χ2v) is 7.51. The first-order valence-electron chi connectivity index (χ1n) is 10.1. The highest BCUT2D eigenvalue weighted by Gasteiger charge is 2.21. The van der Waals surface area contributed by atoms with E-state index in [0.29, 0.717) is 0 Å². The fraction of sp³-hybridized carbons (Fsp3) is 0.391. The molecule has 2 heterocycles. The van der Waals surface area contributed by atoms with Crippen LogP contribution < -0.4 is 9.47 Å². The van der Waals surface area contributed by atoms with E-state index in [1.54, 1.807) is 7.11 Å². The van der Waals surface area contributed by atoms with Gasteiger partial charge < -0.3 is 19.2 Å². The number of aromatic nitrogens is 1. The average molecular weight is 378 g/mol. The van der Waals surface area contributed by atoms with Gasteiger partial charge in [0.15, 0.2) is 0 Å². The molecule has 1 saturated heterocycles. The molecule has 0 amide bonds. The van der Waals surface area contributed by atoms with Crippen LogP contribution in [0.2, 0.25) is 0 Å². The summed E-state index contributed by atoms with van der Waals surface area (Å²) in [6.45, 7) is 5.34. The molecule has 5 nitrogen and oxygen atoms in total. The molecule has 0 radical (unpaired) electrons. The van der Waals surface area contributed by atoms with E-state index in [1.165, 1.54) is 33.3 Å². The fourth-order valence-electron chi connectivity index (χ4n) is 4.33. The maximum Gasteiger partial charge on any atom is 0.119 e. The molecule has 1 aliphatic carbocycles. The van der Waals surface area contributed by atoms with Gasteiger partial charge in [-0.1, -0.05) is 0 Å². The highest BCUT2D eigenvalue weighted by atomic mass is 16.5. The molecule has 0 spiro atoms. The van der Waals surface area contributed by atoms with E-state index in [9.17, 15) is 0 Å². The number of aryl methyl sites for hydroxylation is 2. The molecular weight excluding hydrogens is 352 g/mol. The number of fused-ring (bicyclic) bond motifs is 5. The van der Waals surface area contributed by atoms with Crippen molar-refractivity contribution in [1.29, 1.82) is 0 Å². The second-order valence-electron chi connectivity index (χ2n) is 7.51. The van der Waals surface area contributed by atoms with E-state index in [-0.39, 0.29) is 0 Å². The van der Waals surface area contributed by atoms with Crippen molar-refractivity contribution in [3.05, 3.63) is 47.5 Å². The van der Waals surface area contributed by atoms with Gasteiger partial charge in [0.05, 0.1) is 20.3 Å². The summed E-state index contributed by atoms with van der Waals surface area (Å²) < 4.78 is 16.8. The Bertz CT molecular complexity index is 989. The normalized spacial score (nSPS) is 16.6. The Labute approximate surface area is 165 Å². The number of nitrogens with zero attached hydrogens (tertiary/aromatic N) is 1. The lowest BCUT2D eigenvalue weighted by Crippen LogP contribution is -2.38. The molecule has 1 aromatic heterocycles. The lowest BCUT2D eigenvalue weighted by atomic mass is 9.89. The maximum absolute atomic E-state index is 6.04. The predicted octanol–water partition coefficient (Wildman–Crippen LogP) is 3.65. The van der Waals surface area contributed by atoms with E-state index < -0.39 is 0 Å². The zero-order valence-electron chi connectivity index (χ0n) is 16.3. The molecular formula is C23H26N2O3. The van der Waals surface area contributed by atoms with Crippen LogP contribution in [-0.2, 0) is 17.6 Å². The summed E-state index contributed by atoms with van der Waals surface area (Å²) in [4.78, 5) is 6.01. The standard InChI is InChI=1S/C23H26N2O3/c1-26-17-4-7-22-21(15-17)20-5-2-16-14-18(3-6-19(16)23(20)24-22)28-13-10-25-8-11-27-12-9-25/h3-4,6-7,14-15,24H,2,5,8-13H2,1H3. The number of morpholine rings is 1. The Morgan fingerprint density at radius 3 is 2.75 bits per heavy atom. The predicted molar refractivity (Wildman–Crippen MR) is 110 cm³/mol. The zero-order valence-corrected chi connectivity index (χ0v) is 16.3. The highest BCUT2D eigenvalue weighted by molar-refractivity contribution is 5.93. The number of benzene rings is 2. The summed E-state index contributed by atoms with van der Waals surface area (Å²) in [5.74, 6) is 1.87. The molecule has 2 aliphatic rings. The van der Waals surface area contributed by atoms with Gasteiger partial charge in [0.2, 0.25) is 0 Å².